The molecule has 1 aromatic carbocycles. The van der Waals surface area contributed by atoms with E-state index in [2.05, 4.69) is 37.5 Å². The van der Waals surface area contributed by atoms with Crippen LogP contribution in [0.15, 0.2) is 18.2 Å². The number of hydrogen-bond donors (Lipinski definition) is 2. The van der Waals surface area contributed by atoms with E-state index in [-0.39, 0.29) is 0 Å². The molecule has 0 aromatic heterocycles. The highest BCUT2D eigenvalue weighted by Gasteiger charge is 2.21. The summed E-state index contributed by atoms with van der Waals surface area (Å²) >= 11 is 0. The third-order valence-corrected chi connectivity index (χ3v) is 4.05. The van der Waals surface area contributed by atoms with Crippen LogP contribution in [0.5, 0.6) is 0 Å². The summed E-state index contributed by atoms with van der Waals surface area (Å²) in [4.78, 5) is 0. The Hall–Kier alpha value is -0.860. The predicted octanol–water partition coefficient (Wildman–Crippen LogP) is 2.87. The van der Waals surface area contributed by atoms with Gasteiger partial charge in [-0.05, 0) is 43.7 Å². The number of hydrazine groups is 1. The van der Waals surface area contributed by atoms with Gasteiger partial charge in [0.15, 0.2) is 0 Å². The summed E-state index contributed by atoms with van der Waals surface area (Å²) in [5.41, 5.74) is 7.15. The Labute approximate surface area is 105 Å². The molecule has 0 bridgehead atoms. The van der Waals surface area contributed by atoms with E-state index in [0.29, 0.717) is 6.04 Å². The van der Waals surface area contributed by atoms with E-state index in [1.807, 2.05) is 0 Å². The van der Waals surface area contributed by atoms with Crippen LogP contribution in [0.3, 0.4) is 0 Å². The summed E-state index contributed by atoms with van der Waals surface area (Å²) in [6.07, 6.45) is 6.48. The Morgan fingerprint density at radius 2 is 2.12 bits per heavy atom. The van der Waals surface area contributed by atoms with Crippen LogP contribution in [0, 0.1) is 19.8 Å². The molecule has 3 N–H and O–H groups in total. The number of nitrogens with one attached hydrogen (secondary N) is 1. The highest BCUT2D eigenvalue weighted by Crippen LogP contribution is 2.31. The maximum atomic E-state index is 5.69. The van der Waals surface area contributed by atoms with Crippen LogP contribution in [0.2, 0.25) is 0 Å². The first-order chi connectivity index (χ1) is 8.19. The SMILES string of the molecule is Cc1ccc(C)c(CC(CC2CCC2)NN)c1. The Morgan fingerprint density at radius 1 is 1.35 bits per heavy atom. The first kappa shape index (κ1) is 12.6. The molecule has 1 unspecified atom stereocenters. The molecule has 2 heteroatoms. The second-order valence-electron chi connectivity index (χ2n) is 5.53. The zero-order chi connectivity index (χ0) is 12.3. The molecule has 0 radical (unpaired) electrons. The van der Waals surface area contributed by atoms with Gasteiger partial charge in [0.25, 0.3) is 0 Å². The smallest absolute Gasteiger partial charge is 0.0253 e. The van der Waals surface area contributed by atoms with E-state index in [1.165, 1.54) is 42.4 Å². The number of rotatable bonds is 5. The molecule has 2 rings (SSSR count). The van der Waals surface area contributed by atoms with E-state index < -0.39 is 0 Å². The average molecular weight is 232 g/mol. The molecule has 0 heterocycles. The van der Waals surface area contributed by atoms with Gasteiger partial charge in [0.2, 0.25) is 0 Å². The number of aryl methyl sites for hydroxylation is 2. The quantitative estimate of drug-likeness (QED) is 0.605. The van der Waals surface area contributed by atoms with Crippen molar-refractivity contribution in [3.63, 3.8) is 0 Å². The van der Waals surface area contributed by atoms with Crippen LogP contribution >= 0.6 is 0 Å². The van der Waals surface area contributed by atoms with Gasteiger partial charge in [0.05, 0.1) is 0 Å². The molecule has 1 saturated carbocycles. The summed E-state index contributed by atoms with van der Waals surface area (Å²) in [6.45, 7) is 4.34. The van der Waals surface area contributed by atoms with Crippen molar-refractivity contribution in [2.45, 2.75) is 52.0 Å². The predicted molar refractivity (Wildman–Crippen MR) is 72.7 cm³/mol. The van der Waals surface area contributed by atoms with Gasteiger partial charge in [0.1, 0.15) is 0 Å². The summed E-state index contributed by atoms with van der Waals surface area (Å²) in [5.74, 6) is 6.59. The average Bonchev–Trinajstić information content (AvgIpc) is 2.26. The molecule has 1 aliphatic rings. The third-order valence-electron chi connectivity index (χ3n) is 4.05. The maximum absolute atomic E-state index is 5.69. The Balaban J connectivity index is 1.98. The Morgan fingerprint density at radius 3 is 2.71 bits per heavy atom. The number of hydrogen-bond acceptors (Lipinski definition) is 2. The molecule has 0 saturated heterocycles. The van der Waals surface area contributed by atoms with Gasteiger partial charge < -0.3 is 0 Å². The summed E-state index contributed by atoms with van der Waals surface area (Å²) in [5, 5.41) is 0. The van der Waals surface area contributed by atoms with E-state index in [1.54, 1.807) is 0 Å². The molecular formula is C15H24N2. The van der Waals surface area contributed by atoms with Gasteiger partial charge in [-0.15, -0.1) is 0 Å². The monoisotopic (exact) mass is 232 g/mol. The molecule has 1 fully saturated rings. The van der Waals surface area contributed by atoms with Gasteiger partial charge in [-0.1, -0.05) is 43.0 Å². The van der Waals surface area contributed by atoms with Crippen molar-refractivity contribution in [3.8, 4) is 0 Å². The van der Waals surface area contributed by atoms with Crippen molar-refractivity contribution in [2.24, 2.45) is 11.8 Å². The highest BCUT2D eigenvalue weighted by molar-refractivity contribution is 5.31. The summed E-state index contributed by atoms with van der Waals surface area (Å²) in [7, 11) is 0. The third kappa shape index (κ3) is 3.30. The van der Waals surface area contributed by atoms with Gasteiger partial charge in [0, 0.05) is 6.04 Å². The van der Waals surface area contributed by atoms with Crippen LogP contribution in [0.25, 0.3) is 0 Å². The van der Waals surface area contributed by atoms with Crippen molar-refractivity contribution in [3.05, 3.63) is 34.9 Å². The fourth-order valence-corrected chi connectivity index (χ4v) is 2.63. The zero-order valence-electron chi connectivity index (χ0n) is 11.0. The molecule has 1 atom stereocenters. The van der Waals surface area contributed by atoms with E-state index in [4.69, 9.17) is 5.84 Å². The van der Waals surface area contributed by atoms with Crippen LogP contribution in [-0.4, -0.2) is 6.04 Å². The van der Waals surface area contributed by atoms with Crippen LogP contribution < -0.4 is 11.3 Å². The standard InChI is InChI=1S/C15H24N2/c1-11-6-7-12(2)14(8-11)10-15(17-16)9-13-4-3-5-13/h6-8,13,15,17H,3-5,9-10,16H2,1-2H3. The van der Waals surface area contributed by atoms with Gasteiger partial charge >= 0.3 is 0 Å². The van der Waals surface area contributed by atoms with E-state index >= 15 is 0 Å². The lowest BCUT2D eigenvalue weighted by atomic mass is 9.80. The molecule has 0 aliphatic heterocycles. The lowest BCUT2D eigenvalue weighted by molar-refractivity contribution is 0.259. The Kier molecular flexibility index (Phi) is 4.19. The van der Waals surface area contributed by atoms with E-state index in [0.717, 1.165) is 12.3 Å². The van der Waals surface area contributed by atoms with Crippen LogP contribution in [0.4, 0.5) is 0 Å². The fraction of sp³-hybridized carbons (Fsp3) is 0.600. The fourth-order valence-electron chi connectivity index (χ4n) is 2.63. The lowest BCUT2D eigenvalue weighted by Crippen LogP contribution is -2.39. The molecule has 17 heavy (non-hydrogen) atoms. The minimum Gasteiger partial charge on any atom is -0.271 e. The molecule has 2 nitrogen and oxygen atoms in total. The molecule has 0 spiro atoms. The van der Waals surface area contributed by atoms with Crippen molar-refractivity contribution < 1.29 is 0 Å². The normalized spacial score (nSPS) is 17.8. The van der Waals surface area contributed by atoms with Gasteiger partial charge in [-0.25, -0.2) is 0 Å². The minimum atomic E-state index is 0.431. The second-order valence-corrected chi connectivity index (χ2v) is 5.53. The van der Waals surface area contributed by atoms with Gasteiger partial charge in [-0.3, -0.25) is 11.3 Å². The van der Waals surface area contributed by atoms with Crippen LogP contribution in [0.1, 0.15) is 42.4 Å². The maximum Gasteiger partial charge on any atom is 0.0253 e. The molecule has 94 valence electrons. The lowest BCUT2D eigenvalue weighted by Gasteiger charge is -2.29. The van der Waals surface area contributed by atoms with Crippen LogP contribution in [-0.2, 0) is 6.42 Å². The van der Waals surface area contributed by atoms with Crippen molar-refractivity contribution in [1.29, 1.82) is 0 Å². The molecular weight excluding hydrogens is 208 g/mol. The second kappa shape index (κ2) is 5.65. The first-order valence-electron chi connectivity index (χ1n) is 6.71. The van der Waals surface area contributed by atoms with Crippen molar-refractivity contribution in [1.82, 2.24) is 5.43 Å². The van der Waals surface area contributed by atoms with E-state index in [9.17, 15) is 0 Å². The molecule has 1 aliphatic carbocycles. The molecule has 0 amide bonds. The Bertz CT molecular complexity index is 369. The minimum absolute atomic E-state index is 0.431. The van der Waals surface area contributed by atoms with Crippen molar-refractivity contribution in [2.75, 3.05) is 0 Å². The topological polar surface area (TPSA) is 38.0 Å². The van der Waals surface area contributed by atoms with Gasteiger partial charge in [-0.2, -0.15) is 0 Å². The summed E-state index contributed by atoms with van der Waals surface area (Å²) in [6, 6.07) is 7.11. The summed E-state index contributed by atoms with van der Waals surface area (Å²) < 4.78 is 0. The number of nitrogens with two attached hydrogens (primary N) is 1. The first-order valence-corrected chi connectivity index (χ1v) is 6.71. The molecule has 1 aromatic rings. The largest absolute Gasteiger partial charge is 0.271 e. The number of benzene rings is 1. The highest BCUT2D eigenvalue weighted by atomic mass is 15.2. The van der Waals surface area contributed by atoms with Crippen molar-refractivity contribution >= 4 is 0 Å². The zero-order valence-corrected chi connectivity index (χ0v) is 11.0.